The Bertz CT molecular complexity index is 535. The van der Waals surface area contributed by atoms with Crippen LogP contribution in [0.15, 0.2) is 18.2 Å². The van der Waals surface area contributed by atoms with Gasteiger partial charge in [0.15, 0.2) is 0 Å². The molecule has 2 fully saturated rings. The topological polar surface area (TPSA) is 50.4 Å². The van der Waals surface area contributed by atoms with Crippen LogP contribution >= 0.6 is 12.4 Å². The lowest BCUT2D eigenvalue weighted by Gasteiger charge is -2.20. The predicted molar refractivity (Wildman–Crippen MR) is 78.0 cm³/mol. The van der Waals surface area contributed by atoms with Gasteiger partial charge in [-0.3, -0.25) is 4.79 Å². The minimum absolute atomic E-state index is 0. The number of carbonyl (C=O) groups excluding carboxylic acids is 1. The third-order valence-electron chi connectivity index (χ3n) is 4.52. The Morgan fingerprint density at radius 2 is 2.10 bits per heavy atom. The van der Waals surface area contributed by atoms with Gasteiger partial charge in [0, 0.05) is 18.7 Å². The zero-order chi connectivity index (χ0) is 12.8. The fourth-order valence-electron chi connectivity index (χ4n) is 3.48. The van der Waals surface area contributed by atoms with Crippen LogP contribution in [0.25, 0.3) is 0 Å². The maximum Gasteiger partial charge on any atom is 0.251 e. The summed E-state index contributed by atoms with van der Waals surface area (Å²) < 4.78 is 5.77. The van der Waals surface area contributed by atoms with Crippen molar-refractivity contribution in [1.82, 2.24) is 10.6 Å². The molecule has 3 atom stereocenters. The zero-order valence-corrected chi connectivity index (χ0v) is 12.0. The van der Waals surface area contributed by atoms with Gasteiger partial charge >= 0.3 is 0 Å². The first-order valence-electron chi connectivity index (χ1n) is 7.08. The summed E-state index contributed by atoms with van der Waals surface area (Å²) in [6, 6.07) is 6.20. The quantitative estimate of drug-likeness (QED) is 0.874. The summed E-state index contributed by atoms with van der Waals surface area (Å²) in [6.45, 7) is 1.78. The van der Waals surface area contributed by atoms with Gasteiger partial charge in [0.25, 0.3) is 5.91 Å². The van der Waals surface area contributed by atoms with E-state index in [0.717, 1.165) is 37.9 Å². The molecule has 2 bridgehead atoms. The molecule has 3 heterocycles. The molecule has 1 aromatic rings. The predicted octanol–water partition coefficient (Wildman–Crippen LogP) is 1.76. The van der Waals surface area contributed by atoms with Crippen molar-refractivity contribution in [2.24, 2.45) is 0 Å². The summed E-state index contributed by atoms with van der Waals surface area (Å²) in [6.07, 6.45) is 3.83. The zero-order valence-electron chi connectivity index (χ0n) is 11.2. The van der Waals surface area contributed by atoms with E-state index in [-0.39, 0.29) is 30.5 Å². The molecular formula is C15H19ClN2O2. The molecule has 0 aliphatic carbocycles. The highest BCUT2D eigenvalue weighted by molar-refractivity contribution is 5.94. The van der Waals surface area contributed by atoms with Crippen molar-refractivity contribution >= 4 is 18.3 Å². The van der Waals surface area contributed by atoms with E-state index in [4.69, 9.17) is 4.74 Å². The average molecular weight is 295 g/mol. The van der Waals surface area contributed by atoms with E-state index in [1.165, 1.54) is 11.1 Å². The summed E-state index contributed by atoms with van der Waals surface area (Å²) >= 11 is 0. The van der Waals surface area contributed by atoms with Crippen molar-refractivity contribution in [2.45, 2.75) is 50.6 Å². The van der Waals surface area contributed by atoms with E-state index in [9.17, 15) is 4.79 Å². The van der Waals surface area contributed by atoms with Crippen molar-refractivity contribution < 1.29 is 9.53 Å². The van der Waals surface area contributed by atoms with Crippen LogP contribution in [0.5, 0.6) is 0 Å². The Balaban J connectivity index is 0.00000121. The summed E-state index contributed by atoms with van der Waals surface area (Å²) in [5.41, 5.74) is 3.32. The Kier molecular flexibility index (Phi) is 3.71. The van der Waals surface area contributed by atoms with E-state index < -0.39 is 0 Å². The number of fused-ring (bicyclic) bond motifs is 3. The molecule has 108 valence electrons. The number of halogens is 1. The van der Waals surface area contributed by atoms with Gasteiger partial charge in [0.1, 0.15) is 0 Å². The summed E-state index contributed by atoms with van der Waals surface area (Å²) in [5, 5.41) is 6.43. The maximum atomic E-state index is 12.3. The summed E-state index contributed by atoms with van der Waals surface area (Å²) in [7, 11) is 0. The summed E-state index contributed by atoms with van der Waals surface area (Å²) in [5.74, 6) is 0.0378. The number of amides is 1. The van der Waals surface area contributed by atoms with Gasteiger partial charge in [-0.05, 0) is 42.5 Å². The molecule has 3 aliphatic heterocycles. The number of benzene rings is 1. The molecular weight excluding hydrogens is 276 g/mol. The molecule has 20 heavy (non-hydrogen) atoms. The second kappa shape index (κ2) is 5.35. The van der Waals surface area contributed by atoms with E-state index in [0.29, 0.717) is 6.10 Å². The van der Waals surface area contributed by atoms with Crippen LogP contribution in [-0.2, 0) is 17.8 Å². The van der Waals surface area contributed by atoms with Crippen LogP contribution in [0.1, 0.15) is 40.7 Å². The van der Waals surface area contributed by atoms with Crippen LogP contribution in [0.3, 0.4) is 0 Å². The van der Waals surface area contributed by atoms with Gasteiger partial charge in [0.05, 0.1) is 18.2 Å². The first-order valence-corrected chi connectivity index (χ1v) is 7.08. The highest BCUT2D eigenvalue weighted by atomic mass is 35.5. The molecule has 0 aromatic heterocycles. The molecule has 5 heteroatoms. The average Bonchev–Trinajstić information content (AvgIpc) is 3.13. The van der Waals surface area contributed by atoms with Gasteiger partial charge < -0.3 is 15.4 Å². The number of ether oxygens (including phenoxy) is 1. The third kappa shape index (κ3) is 2.32. The smallest absolute Gasteiger partial charge is 0.251 e. The number of rotatable bonds is 2. The molecule has 0 radical (unpaired) electrons. The van der Waals surface area contributed by atoms with Gasteiger partial charge in [0.2, 0.25) is 0 Å². The van der Waals surface area contributed by atoms with E-state index in [1.54, 1.807) is 0 Å². The SMILES string of the molecule is Cl.O=C(NC1CC2CCC1O2)c1ccc2c(c1)CNC2. The maximum absolute atomic E-state index is 12.3. The van der Waals surface area contributed by atoms with Crippen molar-refractivity contribution in [3.8, 4) is 0 Å². The molecule has 3 aliphatic rings. The largest absolute Gasteiger partial charge is 0.373 e. The van der Waals surface area contributed by atoms with Crippen LogP contribution in [0.2, 0.25) is 0 Å². The van der Waals surface area contributed by atoms with E-state index >= 15 is 0 Å². The van der Waals surface area contributed by atoms with Crippen molar-refractivity contribution in [3.63, 3.8) is 0 Å². The number of hydrogen-bond acceptors (Lipinski definition) is 3. The molecule has 4 rings (SSSR count). The number of nitrogens with one attached hydrogen (secondary N) is 2. The highest BCUT2D eigenvalue weighted by Crippen LogP contribution is 2.34. The fraction of sp³-hybridized carbons (Fsp3) is 0.533. The monoisotopic (exact) mass is 294 g/mol. The Morgan fingerprint density at radius 1 is 1.25 bits per heavy atom. The van der Waals surface area contributed by atoms with Gasteiger partial charge in [-0.25, -0.2) is 0 Å². The van der Waals surface area contributed by atoms with Crippen molar-refractivity contribution in [3.05, 3.63) is 34.9 Å². The van der Waals surface area contributed by atoms with Gasteiger partial charge in [-0.1, -0.05) is 6.07 Å². The molecule has 0 spiro atoms. The molecule has 0 saturated carbocycles. The van der Waals surface area contributed by atoms with Gasteiger partial charge in [-0.15, -0.1) is 12.4 Å². The fourth-order valence-corrected chi connectivity index (χ4v) is 3.48. The second-order valence-corrected chi connectivity index (χ2v) is 5.78. The Morgan fingerprint density at radius 3 is 2.85 bits per heavy atom. The van der Waals surface area contributed by atoms with E-state index in [2.05, 4.69) is 16.7 Å². The number of hydrogen-bond donors (Lipinski definition) is 2. The molecule has 3 unspecified atom stereocenters. The minimum atomic E-state index is 0. The molecule has 2 saturated heterocycles. The van der Waals surface area contributed by atoms with Crippen LogP contribution in [0, 0.1) is 0 Å². The molecule has 1 aromatic carbocycles. The highest BCUT2D eigenvalue weighted by Gasteiger charge is 2.41. The third-order valence-corrected chi connectivity index (χ3v) is 4.52. The van der Waals surface area contributed by atoms with Crippen molar-refractivity contribution in [1.29, 1.82) is 0 Å². The second-order valence-electron chi connectivity index (χ2n) is 5.78. The van der Waals surface area contributed by atoms with Crippen LogP contribution in [-0.4, -0.2) is 24.2 Å². The lowest BCUT2D eigenvalue weighted by molar-refractivity contribution is 0.0841. The standard InChI is InChI=1S/C15H18N2O2.ClH/c18-15(17-13-6-12-3-4-14(13)19-12)9-1-2-10-7-16-8-11(10)5-9;/h1-2,5,12-14,16H,3-4,6-8H2,(H,17,18);1H. The normalized spacial score (nSPS) is 29.9. The van der Waals surface area contributed by atoms with E-state index in [1.807, 2.05) is 12.1 Å². The molecule has 2 N–H and O–H groups in total. The first kappa shape index (κ1) is 13.9. The lowest BCUT2D eigenvalue weighted by atomic mass is 9.95. The molecule has 1 amide bonds. The molecule has 4 nitrogen and oxygen atoms in total. The first-order chi connectivity index (χ1) is 9.29. The lowest BCUT2D eigenvalue weighted by Crippen LogP contribution is -2.41. The van der Waals surface area contributed by atoms with Gasteiger partial charge in [-0.2, -0.15) is 0 Å². The summed E-state index contributed by atoms with van der Waals surface area (Å²) in [4.78, 5) is 12.3. The van der Waals surface area contributed by atoms with Crippen LogP contribution in [0.4, 0.5) is 0 Å². The Labute approximate surface area is 124 Å². The minimum Gasteiger partial charge on any atom is -0.373 e. The van der Waals surface area contributed by atoms with Crippen LogP contribution < -0.4 is 10.6 Å². The Hall–Kier alpha value is -1.10. The number of carbonyl (C=O) groups is 1. The van der Waals surface area contributed by atoms with Crippen molar-refractivity contribution in [2.75, 3.05) is 0 Å².